The second-order valence-corrected chi connectivity index (χ2v) is 17.6. The standard InChI is InChI=1S/C52H45F6N7O13/c1-65-38-7-5-4-6-27(38)29(46(65)52(56,57)58)18-37(63-47(70)24-8-10-28(30(14-24)51(74)75)45-31-15-25(54)9-12-41(31)78-42-20-39(66)33(55)17-32(42)45)50(73)61-34(11-13-43(68)76-2)48(71)64-36(16-26-22-59-23-60-26)49(72)62-35(40(67)21-53)19-44(69)77-3/h4-10,12,14-15,17,20,22-23,34-37H,11,13,16,18-19,21H2,1-3H3,(H,59,60)(H,61,73)(H,62,72)(H,63,70)(H,64,71)(H,74,75). The molecule has 5 aromatic rings. The Kier molecular flexibility index (Phi) is 17.1. The number of halogens is 6. The van der Waals surface area contributed by atoms with Crippen molar-refractivity contribution >= 4 is 69.2 Å². The number of amides is 4. The first kappa shape index (κ1) is 56.4. The Labute approximate surface area is 435 Å². The van der Waals surface area contributed by atoms with Crippen LogP contribution in [0.15, 0.2) is 94.5 Å². The molecular formula is C52H45F6N7O13. The summed E-state index contributed by atoms with van der Waals surface area (Å²) in [6.07, 6.45) is -6.08. The number of aromatic amines is 1. The second-order valence-electron chi connectivity index (χ2n) is 17.6. The predicted octanol–water partition coefficient (Wildman–Crippen LogP) is 4.87. The Hall–Kier alpha value is -9.36. The lowest BCUT2D eigenvalue weighted by atomic mass is 9.89. The molecule has 3 aromatic carbocycles. The van der Waals surface area contributed by atoms with E-state index in [1.165, 1.54) is 42.9 Å². The summed E-state index contributed by atoms with van der Waals surface area (Å²) in [5, 5.41) is 19.7. The van der Waals surface area contributed by atoms with Crippen molar-refractivity contribution in [3.05, 3.63) is 135 Å². The van der Waals surface area contributed by atoms with E-state index in [2.05, 4.69) is 36.0 Å². The molecule has 3 heterocycles. The van der Waals surface area contributed by atoms with Gasteiger partial charge in [-0.05, 0) is 60.0 Å². The summed E-state index contributed by atoms with van der Waals surface area (Å²) < 4.78 is 104. The zero-order valence-corrected chi connectivity index (χ0v) is 41.1. The van der Waals surface area contributed by atoms with E-state index in [1.807, 2.05) is 0 Å². The molecule has 7 rings (SSSR count). The van der Waals surface area contributed by atoms with Crippen LogP contribution in [-0.2, 0) is 64.3 Å². The number of alkyl halides is 4. The van der Waals surface area contributed by atoms with Crippen LogP contribution in [0.4, 0.5) is 26.3 Å². The minimum Gasteiger partial charge on any atom is -0.478 e. The number of nitrogens with zero attached hydrogens (tertiary/aromatic N) is 2. The summed E-state index contributed by atoms with van der Waals surface area (Å²) in [7, 11) is 3.09. The maximum absolute atomic E-state index is 15.0. The fraction of sp³-hybridized carbons (Fsp3) is 0.269. The Morgan fingerprint density at radius 2 is 1.45 bits per heavy atom. The number of carboxylic acids is 1. The van der Waals surface area contributed by atoms with Crippen molar-refractivity contribution in [2.45, 2.75) is 62.4 Å². The van der Waals surface area contributed by atoms with Gasteiger partial charge in [-0.3, -0.25) is 38.4 Å². The van der Waals surface area contributed by atoms with Crippen molar-refractivity contribution < 1.29 is 83.7 Å². The van der Waals surface area contributed by atoms with Crippen molar-refractivity contribution in [1.82, 2.24) is 35.8 Å². The topological polar surface area (TPSA) is 287 Å². The number of benzene rings is 4. The highest BCUT2D eigenvalue weighted by Crippen LogP contribution is 2.42. The number of nitrogens with one attached hydrogen (secondary N) is 5. The summed E-state index contributed by atoms with van der Waals surface area (Å²) in [4.78, 5) is 126. The van der Waals surface area contributed by atoms with Gasteiger partial charge in [-0.15, -0.1) is 0 Å². The van der Waals surface area contributed by atoms with Crippen LogP contribution < -0.4 is 26.7 Å². The van der Waals surface area contributed by atoms with Crippen LogP contribution >= 0.6 is 0 Å². The van der Waals surface area contributed by atoms with Gasteiger partial charge >= 0.3 is 24.1 Å². The van der Waals surface area contributed by atoms with Crippen LogP contribution in [0.3, 0.4) is 0 Å². The van der Waals surface area contributed by atoms with E-state index in [-0.39, 0.29) is 50.0 Å². The minimum atomic E-state index is -5.08. The first-order chi connectivity index (χ1) is 37.0. The number of esters is 2. The fourth-order valence-electron chi connectivity index (χ4n) is 8.79. The third-order valence-corrected chi connectivity index (χ3v) is 12.6. The largest absolute Gasteiger partial charge is 0.478 e. The third-order valence-electron chi connectivity index (χ3n) is 12.6. The summed E-state index contributed by atoms with van der Waals surface area (Å²) in [6.45, 7) is -1.62. The maximum atomic E-state index is 15.0. The van der Waals surface area contributed by atoms with Crippen LogP contribution in [-0.4, -0.2) is 112 Å². The number of hydrogen-bond acceptors (Lipinski definition) is 13. The Balaban J connectivity index is 1.29. The number of carbonyl (C=O) groups is 8. The molecule has 0 bridgehead atoms. The van der Waals surface area contributed by atoms with Gasteiger partial charge in [0.15, 0.2) is 11.6 Å². The first-order valence-electron chi connectivity index (χ1n) is 23.3. The highest BCUT2D eigenvalue weighted by atomic mass is 19.4. The molecule has 20 nitrogen and oxygen atoms in total. The zero-order valence-electron chi connectivity index (χ0n) is 41.1. The molecule has 0 radical (unpaired) electrons. The lowest BCUT2D eigenvalue weighted by Crippen LogP contribution is -2.58. The summed E-state index contributed by atoms with van der Waals surface area (Å²) in [6, 6.07) is 5.69. The molecule has 1 aliphatic carbocycles. The fourth-order valence-corrected chi connectivity index (χ4v) is 8.79. The second kappa shape index (κ2) is 23.7. The molecule has 0 saturated carbocycles. The number of aryl methyl sites for hydroxylation is 1. The quantitative estimate of drug-likeness (QED) is 0.0318. The average Bonchev–Trinajstić information content (AvgIpc) is 4.17. The van der Waals surface area contributed by atoms with Crippen LogP contribution in [0.5, 0.6) is 0 Å². The van der Waals surface area contributed by atoms with E-state index in [0.29, 0.717) is 0 Å². The van der Waals surface area contributed by atoms with Gasteiger partial charge < -0.3 is 49.8 Å². The third kappa shape index (κ3) is 12.5. The monoisotopic (exact) mass is 1090 g/mol. The van der Waals surface area contributed by atoms with E-state index in [0.717, 1.165) is 68.3 Å². The number of hydrogen-bond donors (Lipinski definition) is 6. The zero-order chi connectivity index (χ0) is 56.7. The maximum Gasteiger partial charge on any atom is 0.431 e. The normalized spacial score (nSPS) is 13.0. The lowest BCUT2D eigenvalue weighted by Gasteiger charge is -2.26. The van der Waals surface area contributed by atoms with Gasteiger partial charge in [-0.2, -0.15) is 13.2 Å². The van der Waals surface area contributed by atoms with E-state index >= 15 is 13.2 Å². The van der Waals surface area contributed by atoms with E-state index in [1.54, 1.807) is 0 Å². The van der Waals surface area contributed by atoms with Gasteiger partial charge in [0.25, 0.3) is 5.91 Å². The number of aromatic nitrogens is 3. The number of imidazole rings is 1. The van der Waals surface area contributed by atoms with E-state index in [4.69, 9.17) is 9.15 Å². The van der Waals surface area contributed by atoms with Crippen molar-refractivity contribution in [1.29, 1.82) is 0 Å². The molecule has 4 atom stereocenters. The van der Waals surface area contributed by atoms with Crippen molar-refractivity contribution in [2.75, 3.05) is 20.9 Å². The number of Topliss-reactive ketones (excluding diaryl/α,β-unsaturated/α-hetero) is 1. The van der Waals surface area contributed by atoms with Gasteiger partial charge in [-0.25, -0.2) is 22.9 Å². The number of methoxy groups -OCH3 is 2. The van der Waals surface area contributed by atoms with Crippen LogP contribution in [0.1, 0.15) is 56.9 Å². The molecule has 2 aromatic heterocycles. The number of ketones is 1. The molecule has 78 heavy (non-hydrogen) atoms. The molecule has 408 valence electrons. The predicted molar refractivity (Wildman–Crippen MR) is 261 cm³/mol. The molecule has 6 N–H and O–H groups in total. The molecule has 26 heteroatoms. The Morgan fingerprint density at radius 3 is 2.10 bits per heavy atom. The number of carboxylic acid groups (broad SMARTS) is 1. The van der Waals surface area contributed by atoms with Gasteiger partial charge in [0, 0.05) is 77.2 Å². The van der Waals surface area contributed by atoms with Gasteiger partial charge in [0.05, 0.1) is 32.5 Å². The summed E-state index contributed by atoms with van der Waals surface area (Å²) >= 11 is 0. The molecule has 0 spiro atoms. The highest BCUT2D eigenvalue weighted by Gasteiger charge is 2.41. The number of carbonyl (C=O) groups excluding carboxylic acids is 7. The highest BCUT2D eigenvalue weighted by molar-refractivity contribution is 6.09. The summed E-state index contributed by atoms with van der Waals surface area (Å²) in [5.41, 5.74) is -4.44. The van der Waals surface area contributed by atoms with Crippen molar-refractivity contribution in [3.8, 4) is 22.5 Å². The van der Waals surface area contributed by atoms with Crippen LogP contribution in [0.25, 0.3) is 44.3 Å². The smallest absolute Gasteiger partial charge is 0.431 e. The van der Waals surface area contributed by atoms with Crippen LogP contribution in [0.2, 0.25) is 0 Å². The average molecular weight is 1090 g/mol. The lowest BCUT2D eigenvalue weighted by molar-refractivity contribution is -0.144. The Bertz CT molecular complexity index is 3520. The first-order valence-corrected chi connectivity index (χ1v) is 23.3. The number of rotatable bonds is 21. The van der Waals surface area contributed by atoms with E-state index < -0.39 is 156 Å². The number of H-pyrrole nitrogens is 1. The van der Waals surface area contributed by atoms with Gasteiger partial charge in [0.1, 0.15) is 53.7 Å². The number of fused-ring (bicyclic) bond motifs is 3. The molecular weight excluding hydrogens is 1040 g/mol. The minimum absolute atomic E-state index is 0.0210. The Morgan fingerprint density at radius 1 is 0.782 bits per heavy atom. The molecule has 0 fully saturated rings. The molecule has 4 amide bonds. The molecule has 2 aliphatic rings. The molecule has 1 aliphatic heterocycles. The van der Waals surface area contributed by atoms with E-state index in [9.17, 15) is 61.4 Å². The molecule has 0 saturated heterocycles. The SMILES string of the molecule is COC(=O)CCC(NC(=O)C(Cc1c(C(F)(F)F)n(C)c2ccccc12)NC(=O)c1ccc(-c2c3cc(F)c(=O)cc-3oc3ccc(F)cc23)c(C(=O)O)c1)C(=O)NC(Cc1cnc[nH]1)C(=O)NC(CC(=O)OC)C(=O)CF. The van der Waals surface area contributed by atoms with Crippen molar-refractivity contribution in [2.24, 2.45) is 7.05 Å². The van der Waals surface area contributed by atoms with Gasteiger partial charge in [0.2, 0.25) is 23.2 Å². The summed E-state index contributed by atoms with van der Waals surface area (Å²) in [5.74, 6) is -12.2. The number of ether oxygens (including phenoxy) is 2. The van der Waals surface area contributed by atoms with Crippen molar-refractivity contribution in [3.63, 3.8) is 0 Å². The van der Waals surface area contributed by atoms with Crippen LogP contribution in [0, 0.1) is 11.6 Å². The number of aromatic carboxylic acids is 1. The number of para-hydroxylation sites is 1. The van der Waals surface area contributed by atoms with Gasteiger partial charge in [-0.1, -0.05) is 24.3 Å². The molecule has 4 unspecified atom stereocenters.